The lowest BCUT2D eigenvalue weighted by Crippen LogP contribution is -2.35. The number of rotatable bonds is 1. The minimum absolute atomic E-state index is 0.0167. The Balaban J connectivity index is 2.09. The summed E-state index contributed by atoms with van der Waals surface area (Å²) < 4.78 is 5.55. The molecule has 0 unspecified atom stereocenters. The third-order valence-electron chi connectivity index (χ3n) is 3.75. The Hall–Kier alpha value is -2.29. The number of nitrogens with zero attached hydrogens (tertiary/aromatic N) is 1. The number of benzene rings is 2. The van der Waals surface area contributed by atoms with Crippen molar-refractivity contribution in [2.45, 2.75) is 13.8 Å². The van der Waals surface area contributed by atoms with E-state index in [0.717, 1.165) is 17.0 Å². The molecule has 3 rings (SSSR count). The second-order valence-electron chi connectivity index (χ2n) is 5.24. The number of hydrogen-bond donors (Lipinski definition) is 0. The van der Waals surface area contributed by atoms with Gasteiger partial charge in [0.2, 0.25) is 0 Å². The molecule has 0 radical (unpaired) electrons. The summed E-state index contributed by atoms with van der Waals surface area (Å²) >= 11 is 0. The number of amides is 1. The van der Waals surface area contributed by atoms with E-state index in [1.54, 1.807) is 11.9 Å². The van der Waals surface area contributed by atoms with Gasteiger partial charge in [-0.1, -0.05) is 29.8 Å². The molecule has 2 aromatic rings. The molecule has 1 aliphatic heterocycles. The Kier molecular flexibility index (Phi) is 2.97. The van der Waals surface area contributed by atoms with Gasteiger partial charge in [0.05, 0.1) is 5.69 Å². The zero-order valence-electron chi connectivity index (χ0n) is 11.9. The molecule has 0 aromatic heterocycles. The highest BCUT2D eigenvalue weighted by Crippen LogP contribution is 2.36. The molecule has 0 fully saturated rings. The monoisotopic (exact) mass is 267 g/mol. The molecule has 1 heterocycles. The van der Waals surface area contributed by atoms with Crippen molar-refractivity contribution in [1.82, 2.24) is 0 Å². The molecular weight excluding hydrogens is 250 g/mol. The van der Waals surface area contributed by atoms with Gasteiger partial charge in [0.1, 0.15) is 5.75 Å². The Morgan fingerprint density at radius 3 is 2.70 bits per heavy atom. The Morgan fingerprint density at radius 2 is 1.90 bits per heavy atom. The minimum Gasteiger partial charge on any atom is -0.482 e. The lowest BCUT2D eigenvalue weighted by molar-refractivity contribution is -0.120. The van der Waals surface area contributed by atoms with Gasteiger partial charge in [0.15, 0.2) is 6.61 Å². The topological polar surface area (TPSA) is 29.5 Å². The Morgan fingerprint density at radius 1 is 1.10 bits per heavy atom. The maximum absolute atomic E-state index is 11.6. The normalized spacial score (nSPS) is 13.9. The summed E-state index contributed by atoms with van der Waals surface area (Å²) in [7, 11) is 1.78. The molecule has 0 saturated heterocycles. The van der Waals surface area contributed by atoms with Crippen LogP contribution >= 0.6 is 0 Å². The van der Waals surface area contributed by atoms with E-state index >= 15 is 0 Å². The highest BCUT2D eigenvalue weighted by molar-refractivity contribution is 5.97. The largest absolute Gasteiger partial charge is 0.482 e. The van der Waals surface area contributed by atoms with Crippen molar-refractivity contribution in [2.75, 3.05) is 18.6 Å². The predicted molar refractivity (Wildman–Crippen MR) is 80.3 cm³/mol. The van der Waals surface area contributed by atoms with Gasteiger partial charge in [-0.3, -0.25) is 4.79 Å². The first-order valence-electron chi connectivity index (χ1n) is 6.67. The first-order chi connectivity index (χ1) is 9.56. The zero-order valence-corrected chi connectivity index (χ0v) is 11.9. The third kappa shape index (κ3) is 2.05. The van der Waals surface area contributed by atoms with Crippen LogP contribution in [0.5, 0.6) is 5.75 Å². The summed E-state index contributed by atoms with van der Waals surface area (Å²) in [5, 5.41) is 0. The first kappa shape index (κ1) is 12.7. The average molecular weight is 267 g/mol. The Bertz CT molecular complexity index is 691. The number of aryl methyl sites for hydroxylation is 2. The van der Waals surface area contributed by atoms with E-state index in [4.69, 9.17) is 4.74 Å². The third-order valence-corrected chi connectivity index (χ3v) is 3.75. The van der Waals surface area contributed by atoms with Crippen molar-refractivity contribution in [1.29, 1.82) is 0 Å². The van der Waals surface area contributed by atoms with E-state index in [2.05, 4.69) is 32.0 Å². The van der Waals surface area contributed by atoms with Crippen LogP contribution in [-0.4, -0.2) is 19.6 Å². The molecule has 20 heavy (non-hydrogen) atoms. The standard InChI is InChI=1S/C17H17NO2/c1-11-4-5-12(2)14(8-11)13-6-7-15-16(9-13)20-10-17(19)18(15)3/h4-9H,10H2,1-3H3. The highest BCUT2D eigenvalue weighted by atomic mass is 16.5. The van der Waals surface area contributed by atoms with Crippen molar-refractivity contribution in [3.63, 3.8) is 0 Å². The van der Waals surface area contributed by atoms with Crippen molar-refractivity contribution in [2.24, 2.45) is 0 Å². The van der Waals surface area contributed by atoms with E-state index in [-0.39, 0.29) is 12.5 Å². The summed E-state index contributed by atoms with van der Waals surface area (Å²) in [6.07, 6.45) is 0. The fourth-order valence-electron chi connectivity index (χ4n) is 2.49. The maximum atomic E-state index is 11.6. The van der Waals surface area contributed by atoms with Crippen LogP contribution in [-0.2, 0) is 4.79 Å². The van der Waals surface area contributed by atoms with Gasteiger partial charge in [0, 0.05) is 7.05 Å². The van der Waals surface area contributed by atoms with Crippen molar-refractivity contribution in [3.05, 3.63) is 47.5 Å². The molecule has 0 bridgehead atoms. The minimum atomic E-state index is -0.0167. The van der Waals surface area contributed by atoms with E-state index in [0.29, 0.717) is 0 Å². The summed E-state index contributed by atoms with van der Waals surface area (Å²) in [5.41, 5.74) is 5.62. The molecule has 0 N–H and O–H groups in total. The first-order valence-corrected chi connectivity index (χ1v) is 6.67. The predicted octanol–water partition coefficient (Wildman–Crippen LogP) is 3.33. The lowest BCUT2D eigenvalue weighted by Gasteiger charge is -2.26. The number of carbonyl (C=O) groups excluding carboxylic acids is 1. The smallest absolute Gasteiger partial charge is 0.264 e. The molecule has 0 aliphatic carbocycles. The number of carbonyl (C=O) groups is 1. The van der Waals surface area contributed by atoms with Gasteiger partial charge in [-0.05, 0) is 42.7 Å². The number of ether oxygens (including phenoxy) is 1. The van der Waals surface area contributed by atoms with Gasteiger partial charge < -0.3 is 9.64 Å². The van der Waals surface area contributed by atoms with Crippen LogP contribution in [0.2, 0.25) is 0 Å². The van der Waals surface area contributed by atoms with Crippen molar-refractivity contribution in [3.8, 4) is 16.9 Å². The average Bonchev–Trinajstić information content (AvgIpc) is 2.45. The molecular formula is C17H17NO2. The van der Waals surface area contributed by atoms with E-state index in [9.17, 15) is 4.79 Å². The second kappa shape index (κ2) is 4.67. The molecule has 3 heteroatoms. The van der Waals surface area contributed by atoms with E-state index in [1.807, 2.05) is 18.2 Å². The number of hydrogen-bond acceptors (Lipinski definition) is 2. The van der Waals surface area contributed by atoms with Crippen LogP contribution in [0.15, 0.2) is 36.4 Å². The summed E-state index contributed by atoms with van der Waals surface area (Å²) in [4.78, 5) is 13.3. The zero-order chi connectivity index (χ0) is 14.3. The molecule has 0 spiro atoms. The van der Waals surface area contributed by atoms with Crippen LogP contribution in [0.25, 0.3) is 11.1 Å². The van der Waals surface area contributed by atoms with Crippen LogP contribution < -0.4 is 9.64 Å². The van der Waals surface area contributed by atoms with Gasteiger partial charge >= 0.3 is 0 Å². The summed E-state index contributed by atoms with van der Waals surface area (Å²) in [6, 6.07) is 12.4. The van der Waals surface area contributed by atoms with Crippen molar-refractivity contribution >= 4 is 11.6 Å². The van der Waals surface area contributed by atoms with E-state index < -0.39 is 0 Å². The van der Waals surface area contributed by atoms with Crippen LogP contribution in [0.1, 0.15) is 11.1 Å². The Labute approximate surface area is 118 Å². The summed E-state index contributed by atoms with van der Waals surface area (Å²) in [6.45, 7) is 4.30. The van der Waals surface area contributed by atoms with Crippen LogP contribution in [0, 0.1) is 13.8 Å². The SMILES string of the molecule is Cc1ccc(C)c(-c2ccc3c(c2)OCC(=O)N3C)c1. The molecule has 3 nitrogen and oxygen atoms in total. The second-order valence-corrected chi connectivity index (χ2v) is 5.24. The maximum Gasteiger partial charge on any atom is 0.264 e. The van der Waals surface area contributed by atoms with Gasteiger partial charge in [-0.15, -0.1) is 0 Å². The lowest BCUT2D eigenvalue weighted by atomic mass is 9.97. The van der Waals surface area contributed by atoms with Crippen LogP contribution in [0.4, 0.5) is 5.69 Å². The van der Waals surface area contributed by atoms with Gasteiger partial charge in [-0.25, -0.2) is 0 Å². The fraction of sp³-hybridized carbons (Fsp3) is 0.235. The van der Waals surface area contributed by atoms with Crippen molar-refractivity contribution < 1.29 is 9.53 Å². The van der Waals surface area contributed by atoms with E-state index in [1.165, 1.54) is 16.7 Å². The van der Waals surface area contributed by atoms with Crippen LogP contribution in [0.3, 0.4) is 0 Å². The number of anilines is 1. The van der Waals surface area contributed by atoms with Gasteiger partial charge in [-0.2, -0.15) is 0 Å². The number of likely N-dealkylation sites (N-methyl/N-ethyl adjacent to an activating group) is 1. The molecule has 1 amide bonds. The molecule has 1 aliphatic rings. The molecule has 2 aromatic carbocycles. The quantitative estimate of drug-likeness (QED) is 0.793. The fourth-order valence-corrected chi connectivity index (χ4v) is 2.49. The highest BCUT2D eigenvalue weighted by Gasteiger charge is 2.22. The summed E-state index contributed by atoms with van der Waals surface area (Å²) in [5.74, 6) is 0.752. The number of fused-ring (bicyclic) bond motifs is 1. The molecule has 0 saturated carbocycles. The van der Waals surface area contributed by atoms with Gasteiger partial charge in [0.25, 0.3) is 5.91 Å². The molecule has 0 atom stereocenters. The molecule has 102 valence electrons.